The molecule has 2 aliphatic heterocycles. The SMILES string of the molecule is CC(C)[Si]1(C(C)C)OC[C@H]2O[C@@H](c3cn(COCc4ccccc4)c4c(N)ncnc34)[C@H](O)[C@@H]2O[Si](C(C)C)(C(C)C)O1. The summed E-state index contributed by atoms with van der Waals surface area (Å²) in [5, 5.41) is 11.9. The number of hydrogen-bond donors (Lipinski definition) is 2. The first-order valence-electron chi connectivity index (χ1n) is 15.5. The molecule has 5 rings (SSSR count). The van der Waals surface area contributed by atoms with Crippen LogP contribution >= 0.6 is 0 Å². The Morgan fingerprint density at radius 1 is 0.977 bits per heavy atom. The molecule has 236 valence electrons. The third kappa shape index (κ3) is 5.84. The van der Waals surface area contributed by atoms with E-state index in [1.807, 2.05) is 41.1 Å². The molecule has 2 fully saturated rings. The highest BCUT2D eigenvalue weighted by atomic mass is 28.5. The van der Waals surface area contributed by atoms with Crippen molar-refractivity contribution in [2.45, 2.75) is 115 Å². The molecule has 2 aromatic heterocycles. The number of aliphatic hydroxyl groups is 1. The lowest BCUT2D eigenvalue weighted by Crippen LogP contribution is -2.65. The lowest BCUT2D eigenvalue weighted by Gasteiger charge is -2.51. The van der Waals surface area contributed by atoms with Crippen molar-refractivity contribution < 1.29 is 27.5 Å². The number of aliphatic hydroxyl groups excluding tert-OH is 1. The van der Waals surface area contributed by atoms with E-state index < -0.39 is 41.5 Å². The summed E-state index contributed by atoms with van der Waals surface area (Å²) in [6, 6.07) is 9.99. The van der Waals surface area contributed by atoms with E-state index in [-0.39, 0.29) is 35.5 Å². The Morgan fingerprint density at radius 2 is 1.63 bits per heavy atom. The van der Waals surface area contributed by atoms with Gasteiger partial charge in [0.2, 0.25) is 0 Å². The predicted octanol–water partition coefficient (Wildman–Crippen LogP) is 5.95. The Bertz CT molecular complexity index is 1370. The number of nitrogens with two attached hydrogens (primary N) is 1. The van der Waals surface area contributed by atoms with Gasteiger partial charge in [-0.2, -0.15) is 0 Å². The highest BCUT2D eigenvalue weighted by Gasteiger charge is 2.61. The third-order valence-electron chi connectivity index (χ3n) is 9.02. The Kier molecular flexibility index (Phi) is 9.50. The zero-order chi connectivity index (χ0) is 31.1. The summed E-state index contributed by atoms with van der Waals surface area (Å²) in [5.41, 5.74) is 10.1. The zero-order valence-corrected chi connectivity index (χ0v) is 28.7. The van der Waals surface area contributed by atoms with Crippen LogP contribution in [0.2, 0.25) is 22.2 Å². The van der Waals surface area contributed by atoms with Crippen LogP contribution in [0.3, 0.4) is 0 Å². The van der Waals surface area contributed by atoms with Gasteiger partial charge in [0.25, 0.3) is 0 Å². The number of anilines is 1. The van der Waals surface area contributed by atoms with Crippen molar-refractivity contribution in [1.82, 2.24) is 14.5 Å². The summed E-state index contributed by atoms with van der Waals surface area (Å²) in [5.74, 6) is 0.335. The van der Waals surface area contributed by atoms with Crippen LogP contribution in [0, 0.1) is 0 Å². The van der Waals surface area contributed by atoms with Crippen molar-refractivity contribution in [2.24, 2.45) is 0 Å². The first kappa shape index (κ1) is 32.2. The molecule has 0 saturated carbocycles. The predicted molar refractivity (Wildman–Crippen MR) is 171 cm³/mol. The first-order valence-corrected chi connectivity index (χ1v) is 19.4. The molecular formula is C31H48N4O6Si2. The lowest BCUT2D eigenvalue weighted by atomic mass is 10.0. The number of rotatable bonds is 9. The van der Waals surface area contributed by atoms with E-state index in [1.165, 1.54) is 6.33 Å². The summed E-state index contributed by atoms with van der Waals surface area (Å²) < 4.78 is 35.9. The molecule has 12 heteroatoms. The van der Waals surface area contributed by atoms with Gasteiger partial charge in [0.1, 0.15) is 43.0 Å². The fourth-order valence-electron chi connectivity index (χ4n) is 6.74. The molecule has 0 spiro atoms. The number of hydrogen-bond acceptors (Lipinski definition) is 9. The molecule has 43 heavy (non-hydrogen) atoms. The Hall–Kier alpha value is -2.17. The van der Waals surface area contributed by atoms with Gasteiger partial charge in [-0.1, -0.05) is 85.7 Å². The van der Waals surface area contributed by atoms with Gasteiger partial charge in [-0.15, -0.1) is 0 Å². The average molecular weight is 629 g/mol. The normalized spacial score (nSPS) is 25.5. The second kappa shape index (κ2) is 12.7. The van der Waals surface area contributed by atoms with E-state index in [0.717, 1.165) is 5.56 Å². The van der Waals surface area contributed by atoms with Gasteiger partial charge in [-0.05, 0) is 27.7 Å². The van der Waals surface area contributed by atoms with Gasteiger partial charge in [-0.25, -0.2) is 9.97 Å². The Labute approximate surface area is 257 Å². The van der Waals surface area contributed by atoms with Crippen LogP contribution in [-0.4, -0.2) is 61.7 Å². The van der Waals surface area contributed by atoms with E-state index in [4.69, 9.17) is 28.2 Å². The van der Waals surface area contributed by atoms with Gasteiger partial charge < -0.3 is 37.8 Å². The summed E-state index contributed by atoms with van der Waals surface area (Å²) in [7, 11) is -5.66. The topological polar surface area (TPSA) is 123 Å². The van der Waals surface area contributed by atoms with Crippen LogP contribution in [0.5, 0.6) is 0 Å². The van der Waals surface area contributed by atoms with Gasteiger partial charge in [0.05, 0.1) is 18.7 Å². The number of fused-ring (bicyclic) bond motifs is 2. The minimum Gasteiger partial charge on any atom is -0.414 e. The van der Waals surface area contributed by atoms with Crippen LogP contribution in [0.1, 0.15) is 72.6 Å². The monoisotopic (exact) mass is 628 g/mol. The van der Waals surface area contributed by atoms with Gasteiger partial charge >= 0.3 is 17.1 Å². The minimum atomic E-state index is -2.92. The van der Waals surface area contributed by atoms with Crippen LogP contribution < -0.4 is 5.73 Å². The first-order chi connectivity index (χ1) is 20.4. The molecule has 4 atom stereocenters. The molecule has 2 aliphatic rings. The van der Waals surface area contributed by atoms with E-state index in [0.29, 0.717) is 29.0 Å². The van der Waals surface area contributed by atoms with Crippen molar-refractivity contribution in [3.05, 3.63) is 54.0 Å². The number of aromatic nitrogens is 3. The summed E-state index contributed by atoms with van der Waals surface area (Å²) in [4.78, 5) is 8.81. The molecule has 0 unspecified atom stereocenters. The molecule has 10 nitrogen and oxygen atoms in total. The minimum absolute atomic E-state index is 0.140. The average Bonchev–Trinajstić information content (AvgIpc) is 3.46. The molecule has 0 bridgehead atoms. The molecule has 1 aromatic carbocycles. The number of nitrogen functional groups attached to an aromatic ring is 1. The largest absolute Gasteiger partial charge is 0.414 e. The highest BCUT2D eigenvalue weighted by Crippen LogP contribution is 2.49. The van der Waals surface area contributed by atoms with Crippen LogP contribution in [0.4, 0.5) is 5.82 Å². The molecular weight excluding hydrogens is 581 g/mol. The van der Waals surface area contributed by atoms with Gasteiger partial charge in [0, 0.05) is 11.8 Å². The van der Waals surface area contributed by atoms with Crippen LogP contribution in [0.25, 0.3) is 11.0 Å². The quantitative estimate of drug-likeness (QED) is 0.277. The third-order valence-corrected chi connectivity index (χ3v) is 19.3. The Balaban J connectivity index is 1.50. The zero-order valence-electron chi connectivity index (χ0n) is 26.7. The lowest BCUT2D eigenvalue weighted by molar-refractivity contribution is -0.0390. The smallest absolute Gasteiger partial charge is 0.335 e. The number of benzene rings is 1. The molecule has 3 aromatic rings. The molecule has 0 aliphatic carbocycles. The highest BCUT2D eigenvalue weighted by molar-refractivity contribution is 6.84. The fourth-order valence-corrected chi connectivity index (χ4v) is 18.0. The molecule has 2 saturated heterocycles. The maximum atomic E-state index is 11.9. The summed E-state index contributed by atoms with van der Waals surface area (Å²) in [6.07, 6.45) is 0.597. The van der Waals surface area contributed by atoms with Crippen molar-refractivity contribution in [1.29, 1.82) is 0 Å². The molecule has 4 heterocycles. The number of nitrogens with zero attached hydrogens (tertiary/aromatic N) is 3. The summed E-state index contributed by atoms with van der Waals surface area (Å²) >= 11 is 0. The standard InChI is InChI=1S/C31H48N4O6Si2/c1-19(2)42(20(3)4)38-16-25-30(40-43(41-42,21(5)6)22(7)8)28(36)29(39-25)24-14-35(27-26(24)33-17-34-31(27)32)18-37-15-23-12-10-9-11-13-23/h9-14,17,19-22,25,28-30,36H,15-16,18H2,1-8H3,(H2,32,33,34)/t25-,28+,29+,30-/m1/s1. The maximum absolute atomic E-state index is 11.9. The van der Waals surface area contributed by atoms with Crippen LogP contribution in [-0.2, 0) is 35.8 Å². The molecule has 0 amide bonds. The van der Waals surface area contributed by atoms with Gasteiger partial charge in [0.15, 0.2) is 5.82 Å². The number of ether oxygens (including phenoxy) is 2. The van der Waals surface area contributed by atoms with E-state index >= 15 is 0 Å². The van der Waals surface area contributed by atoms with Crippen LogP contribution in [0.15, 0.2) is 42.9 Å². The van der Waals surface area contributed by atoms with Gasteiger partial charge in [-0.3, -0.25) is 0 Å². The van der Waals surface area contributed by atoms with Crippen molar-refractivity contribution in [3.8, 4) is 0 Å². The fraction of sp³-hybridized carbons (Fsp3) is 0.613. The maximum Gasteiger partial charge on any atom is 0.335 e. The molecule has 0 radical (unpaired) electrons. The summed E-state index contributed by atoms with van der Waals surface area (Å²) in [6.45, 7) is 18.4. The van der Waals surface area contributed by atoms with Crippen molar-refractivity contribution in [3.63, 3.8) is 0 Å². The second-order valence-corrected chi connectivity index (χ2v) is 22.0. The van der Waals surface area contributed by atoms with E-state index in [1.54, 1.807) is 0 Å². The second-order valence-electron chi connectivity index (χ2n) is 13.1. The van der Waals surface area contributed by atoms with Crippen molar-refractivity contribution >= 4 is 34.0 Å². The van der Waals surface area contributed by atoms with Crippen molar-refractivity contribution in [2.75, 3.05) is 12.3 Å². The van der Waals surface area contributed by atoms with E-state index in [9.17, 15) is 5.11 Å². The molecule has 3 N–H and O–H groups in total. The Morgan fingerprint density at radius 3 is 2.26 bits per heavy atom. The van der Waals surface area contributed by atoms with E-state index in [2.05, 4.69) is 65.4 Å².